The first-order valence-electron chi connectivity index (χ1n) is 8.39. The van der Waals surface area contributed by atoms with E-state index < -0.39 is 0 Å². The van der Waals surface area contributed by atoms with Crippen LogP contribution in [-0.4, -0.2) is 23.8 Å². The largest absolute Gasteiger partial charge is 0.503 e. The van der Waals surface area contributed by atoms with Crippen molar-refractivity contribution in [3.05, 3.63) is 56.0 Å². The van der Waals surface area contributed by atoms with Gasteiger partial charge in [-0.25, -0.2) is 0 Å². The highest BCUT2D eigenvalue weighted by Gasteiger charge is 2.33. The van der Waals surface area contributed by atoms with Crippen LogP contribution in [0.15, 0.2) is 45.5 Å². The molecule has 0 saturated heterocycles. The molecule has 5 nitrogen and oxygen atoms in total. The molecular formula is C20H17BrCl2N2O3. The maximum Gasteiger partial charge on any atom is 0.280 e. The van der Waals surface area contributed by atoms with Gasteiger partial charge < -0.3 is 9.84 Å². The Bertz CT molecular complexity index is 999. The quantitative estimate of drug-likeness (QED) is 0.549. The summed E-state index contributed by atoms with van der Waals surface area (Å²) in [5.41, 5.74) is 2.27. The third kappa shape index (κ3) is 4.04. The third-order valence-electron chi connectivity index (χ3n) is 4.13. The number of methoxy groups -OCH3 is 1. The summed E-state index contributed by atoms with van der Waals surface area (Å²) in [6.45, 7) is 3.92. The summed E-state index contributed by atoms with van der Waals surface area (Å²) >= 11 is 15.5. The van der Waals surface area contributed by atoms with Crippen LogP contribution in [-0.2, 0) is 4.79 Å². The zero-order chi connectivity index (χ0) is 20.6. The molecule has 1 N–H and O–H groups in total. The van der Waals surface area contributed by atoms with E-state index in [1.54, 1.807) is 36.4 Å². The topological polar surface area (TPSA) is 62.1 Å². The van der Waals surface area contributed by atoms with Gasteiger partial charge in [0.25, 0.3) is 5.91 Å². The molecule has 0 aromatic heterocycles. The second-order valence-electron chi connectivity index (χ2n) is 6.50. The molecule has 0 bridgehead atoms. The smallest absolute Gasteiger partial charge is 0.280 e. The lowest BCUT2D eigenvalue weighted by molar-refractivity contribution is -0.114. The van der Waals surface area contributed by atoms with Gasteiger partial charge in [0, 0.05) is 10.0 Å². The number of phenolic OH excluding ortho intramolecular Hbond substituents is 1. The Hall–Kier alpha value is -2.02. The Morgan fingerprint density at radius 2 is 1.82 bits per heavy atom. The number of aromatic hydroxyl groups is 1. The van der Waals surface area contributed by atoms with E-state index in [0.717, 1.165) is 0 Å². The summed E-state index contributed by atoms with van der Waals surface area (Å²) in [5, 5.41) is 16.6. The Morgan fingerprint density at radius 3 is 2.39 bits per heavy atom. The average molecular weight is 484 g/mol. The zero-order valence-electron chi connectivity index (χ0n) is 15.3. The number of amides is 1. The first kappa shape index (κ1) is 20.7. The summed E-state index contributed by atoms with van der Waals surface area (Å²) in [4.78, 5) is 13.1. The van der Waals surface area contributed by atoms with Crippen molar-refractivity contribution < 1.29 is 14.6 Å². The normalized spacial score (nSPS) is 15.5. The van der Waals surface area contributed by atoms with E-state index in [1.807, 2.05) is 13.8 Å². The van der Waals surface area contributed by atoms with Gasteiger partial charge in [-0.1, -0.05) is 37.0 Å². The van der Waals surface area contributed by atoms with Gasteiger partial charge >= 0.3 is 0 Å². The molecule has 0 radical (unpaired) electrons. The van der Waals surface area contributed by atoms with Crippen molar-refractivity contribution in [1.29, 1.82) is 0 Å². The van der Waals surface area contributed by atoms with Crippen LogP contribution >= 0.6 is 39.1 Å². The minimum Gasteiger partial charge on any atom is -0.503 e. The SMILES string of the molecule is COc1cc(/C=C2/C(=O)N(c3cc(Cl)cc(Cl)c3)N=C2C(C)C)cc(Br)c1O. The number of carbonyl (C=O) groups excluding carboxylic acids is 1. The number of nitrogens with zero attached hydrogens (tertiary/aromatic N) is 2. The van der Waals surface area contributed by atoms with E-state index >= 15 is 0 Å². The van der Waals surface area contributed by atoms with E-state index in [0.29, 0.717) is 42.8 Å². The van der Waals surface area contributed by atoms with Crippen LogP contribution in [0.3, 0.4) is 0 Å². The monoisotopic (exact) mass is 482 g/mol. The summed E-state index contributed by atoms with van der Waals surface area (Å²) in [6, 6.07) is 8.22. The lowest BCUT2D eigenvalue weighted by Gasteiger charge is -2.12. The van der Waals surface area contributed by atoms with Gasteiger partial charge in [-0.05, 0) is 63.8 Å². The number of carbonyl (C=O) groups is 1. The van der Waals surface area contributed by atoms with Crippen molar-refractivity contribution >= 4 is 62.5 Å². The lowest BCUT2D eigenvalue weighted by Crippen LogP contribution is -2.21. The number of hydrazone groups is 1. The van der Waals surface area contributed by atoms with E-state index in [-0.39, 0.29) is 17.6 Å². The van der Waals surface area contributed by atoms with Crippen LogP contribution in [0, 0.1) is 5.92 Å². The minimum absolute atomic E-state index is 0.00431. The molecule has 28 heavy (non-hydrogen) atoms. The fourth-order valence-corrected chi connectivity index (χ4v) is 3.80. The second-order valence-corrected chi connectivity index (χ2v) is 8.22. The van der Waals surface area contributed by atoms with E-state index in [1.165, 1.54) is 12.1 Å². The molecule has 0 unspecified atom stereocenters. The molecule has 146 valence electrons. The van der Waals surface area contributed by atoms with Crippen molar-refractivity contribution in [3.63, 3.8) is 0 Å². The number of rotatable bonds is 4. The molecule has 1 aliphatic heterocycles. The summed E-state index contributed by atoms with van der Waals surface area (Å²) in [6.07, 6.45) is 1.72. The second kappa shape index (κ2) is 8.15. The molecule has 1 heterocycles. The number of anilines is 1. The minimum atomic E-state index is -0.287. The van der Waals surface area contributed by atoms with Gasteiger partial charge in [-0.2, -0.15) is 10.1 Å². The molecule has 0 atom stereocenters. The Kier molecular flexibility index (Phi) is 6.03. The summed E-state index contributed by atoms with van der Waals surface area (Å²) in [5.74, 6) is 0.0195. The standard InChI is InChI=1S/C20H17BrCl2N2O3/c1-10(2)18-15(4-11-5-16(21)19(26)17(6-11)28-3)20(27)25(24-18)14-8-12(22)7-13(23)9-14/h4-10,26H,1-3H3/b15-4+. The predicted octanol–water partition coefficient (Wildman–Crippen LogP) is 5.91. The average Bonchev–Trinajstić information content (AvgIpc) is 2.94. The molecule has 2 aromatic carbocycles. The molecule has 0 fully saturated rings. The number of hydrogen-bond acceptors (Lipinski definition) is 4. The number of halogens is 3. The van der Waals surface area contributed by atoms with Crippen LogP contribution in [0.2, 0.25) is 10.0 Å². The predicted molar refractivity (Wildman–Crippen MR) is 117 cm³/mol. The van der Waals surface area contributed by atoms with Gasteiger partial charge in [0.1, 0.15) is 0 Å². The van der Waals surface area contributed by atoms with E-state index in [4.69, 9.17) is 27.9 Å². The van der Waals surface area contributed by atoms with Crippen LogP contribution < -0.4 is 9.75 Å². The molecule has 1 aliphatic rings. The van der Waals surface area contributed by atoms with Crippen molar-refractivity contribution in [3.8, 4) is 11.5 Å². The van der Waals surface area contributed by atoms with Crippen LogP contribution in [0.1, 0.15) is 19.4 Å². The summed E-state index contributed by atoms with van der Waals surface area (Å²) < 4.78 is 5.65. The van der Waals surface area contributed by atoms with Crippen molar-refractivity contribution in [2.75, 3.05) is 12.1 Å². The van der Waals surface area contributed by atoms with Crippen LogP contribution in [0.4, 0.5) is 5.69 Å². The Balaban J connectivity index is 2.09. The van der Waals surface area contributed by atoms with Gasteiger partial charge in [-0.15, -0.1) is 0 Å². The Morgan fingerprint density at radius 1 is 1.18 bits per heavy atom. The molecule has 2 aromatic rings. The molecule has 0 spiro atoms. The number of ether oxygens (including phenoxy) is 1. The van der Waals surface area contributed by atoms with Gasteiger partial charge in [0.15, 0.2) is 11.5 Å². The molecule has 0 aliphatic carbocycles. The molecule has 0 saturated carbocycles. The van der Waals surface area contributed by atoms with E-state index in [9.17, 15) is 9.90 Å². The lowest BCUT2D eigenvalue weighted by atomic mass is 9.98. The fraction of sp³-hybridized carbons (Fsp3) is 0.200. The van der Waals surface area contributed by atoms with Crippen molar-refractivity contribution in [2.45, 2.75) is 13.8 Å². The number of hydrogen-bond donors (Lipinski definition) is 1. The highest BCUT2D eigenvalue weighted by atomic mass is 79.9. The van der Waals surface area contributed by atoms with Gasteiger partial charge in [0.05, 0.1) is 28.6 Å². The molecule has 3 rings (SSSR count). The number of phenols is 1. The molecule has 1 amide bonds. The van der Waals surface area contributed by atoms with E-state index in [2.05, 4.69) is 21.0 Å². The molecule has 8 heteroatoms. The third-order valence-corrected chi connectivity index (χ3v) is 5.17. The first-order chi connectivity index (χ1) is 13.2. The van der Waals surface area contributed by atoms with Crippen LogP contribution in [0.25, 0.3) is 6.08 Å². The zero-order valence-corrected chi connectivity index (χ0v) is 18.4. The van der Waals surface area contributed by atoms with Crippen molar-refractivity contribution in [1.82, 2.24) is 0 Å². The highest BCUT2D eigenvalue weighted by Crippen LogP contribution is 2.37. The van der Waals surface area contributed by atoms with Crippen molar-refractivity contribution in [2.24, 2.45) is 11.0 Å². The maximum atomic E-state index is 13.1. The Labute approximate surface area is 181 Å². The number of benzene rings is 2. The van der Waals surface area contributed by atoms with Crippen LogP contribution in [0.5, 0.6) is 11.5 Å². The van der Waals surface area contributed by atoms with Gasteiger partial charge in [0.2, 0.25) is 0 Å². The first-order valence-corrected chi connectivity index (χ1v) is 9.93. The van der Waals surface area contributed by atoms with Gasteiger partial charge in [-0.3, -0.25) is 4.79 Å². The fourth-order valence-electron chi connectivity index (χ4n) is 2.83. The summed E-state index contributed by atoms with van der Waals surface area (Å²) in [7, 11) is 1.46. The maximum absolute atomic E-state index is 13.1. The molecular weight excluding hydrogens is 467 g/mol. The highest BCUT2D eigenvalue weighted by molar-refractivity contribution is 9.10.